The summed E-state index contributed by atoms with van der Waals surface area (Å²) in [6.45, 7) is 5.43. The number of benzene rings is 1. The number of aromatic nitrogens is 2. The molecule has 1 aromatic heterocycles. The molecule has 1 aromatic carbocycles. The molecule has 11 heteroatoms. The maximum Gasteiger partial charge on any atom is 0.416 e. The van der Waals surface area contributed by atoms with Crippen molar-refractivity contribution in [2.24, 2.45) is 0 Å². The highest BCUT2D eigenvalue weighted by molar-refractivity contribution is 5.68. The molecular weight excluding hydrogens is 434 g/mol. The zero-order valence-electron chi connectivity index (χ0n) is 17.7. The van der Waals surface area contributed by atoms with Gasteiger partial charge in [-0.3, -0.25) is 0 Å². The van der Waals surface area contributed by atoms with Crippen molar-refractivity contribution in [1.82, 2.24) is 14.9 Å². The number of carbonyl (C=O) groups is 1. The quantitative estimate of drug-likeness (QED) is 0.626. The minimum absolute atomic E-state index is 0.00486. The van der Waals surface area contributed by atoms with Crippen LogP contribution >= 0.6 is 0 Å². The van der Waals surface area contributed by atoms with Crippen LogP contribution in [0.5, 0.6) is 6.01 Å². The summed E-state index contributed by atoms with van der Waals surface area (Å²) in [5.74, 6) is -0.630. The number of hydrogen-bond donors (Lipinski definition) is 0. The van der Waals surface area contributed by atoms with Crippen LogP contribution in [0.3, 0.4) is 0 Å². The maximum atomic E-state index is 13.1. The average Bonchev–Trinajstić information content (AvgIpc) is 3.09. The topological polar surface area (TPSA) is 73.8 Å². The first-order valence-corrected chi connectivity index (χ1v) is 9.80. The van der Waals surface area contributed by atoms with Crippen molar-refractivity contribution in [3.8, 4) is 6.01 Å². The number of rotatable bonds is 5. The van der Waals surface area contributed by atoms with Crippen molar-refractivity contribution in [3.05, 3.63) is 53.6 Å². The number of likely N-dealkylation sites (tertiary alicyclic amines) is 1. The first kappa shape index (κ1) is 23.7. The van der Waals surface area contributed by atoms with Crippen molar-refractivity contribution in [2.75, 3.05) is 13.1 Å². The zero-order valence-corrected chi connectivity index (χ0v) is 17.7. The summed E-state index contributed by atoms with van der Waals surface area (Å²) in [6, 6.07) is 4.50. The number of carbonyl (C=O) groups excluding carboxylic acids is 1. The van der Waals surface area contributed by atoms with E-state index in [0.29, 0.717) is 5.56 Å². The Hall–Kier alpha value is -2.95. The van der Waals surface area contributed by atoms with Crippen LogP contribution in [0.4, 0.5) is 22.4 Å². The molecule has 0 spiro atoms. The summed E-state index contributed by atoms with van der Waals surface area (Å²) in [5, 5.41) is 0. The number of ether oxygens (including phenoxy) is 3. The van der Waals surface area contributed by atoms with Crippen molar-refractivity contribution in [2.45, 2.75) is 51.4 Å². The summed E-state index contributed by atoms with van der Waals surface area (Å²) >= 11 is 0. The van der Waals surface area contributed by atoms with Crippen LogP contribution in [-0.4, -0.2) is 51.9 Å². The molecule has 0 radical (unpaired) electrons. The summed E-state index contributed by atoms with van der Waals surface area (Å²) in [6.07, 6.45) is -4.43. The Morgan fingerprint density at radius 1 is 1.06 bits per heavy atom. The van der Waals surface area contributed by atoms with E-state index in [1.807, 2.05) is 0 Å². The van der Waals surface area contributed by atoms with Crippen molar-refractivity contribution in [1.29, 1.82) is 0 Å². The van der Waals surface area contributed by atoms with E-state index < -0.39 is 41.5 Å². The minimum Gasteiger partial charge on any atom is -0.455 e. The van der Waals surface area contributed by atoms with Crippen LogP contribution in [0.25, 0.3) is 0 Å². The van der Waals surface area contributed by atoms with Crippen LogP contribution in [0.2, 0.25) is 0 Å². The molecule has 174 valence electrons. The summed E-state index contributed by atoms with van der Waals surface area (Å²) in [4.78, 5) is 21.4. The average molecular weight is 457 g/mol. The zero-order chi connectivity index (χ0) is 23.5. The first-order valence-electron chi connectivity index (χ1n) is 9.80. The second-order valence-corrected chi connectivity index (χ2v) is 8.27. The van der Waals surface area contributed by atoms with E-state index in [1.54, 1.807) is 20.8 Å². The van der Waals surface area contributed by atoms with E-state index in [2.05, 4.69) is 9.97 Å². The standard InChI is InChI=1S/C21H23F4N3O4/c1-20(2,3)32-19(29)28-10-16(17(11-28)31-18-26-8-15(22)9-27-18)30-12-13-4-6-14(7-5-13)21(23,24)25/h4-9,16-17H,10-12H2,1-3H3/t16-,17-/m0/s1. The Balaban J connectivity index is 1.69. The molecule has 1 amide bonds. The van der Waals surface area contributed by atoms with Crippen LogP contribution in [-0.2, 0) is 22.3 Å². The maximum absolute atomic E-state index is 13.1. The lowest BCUT2D eigenvalue weighted by molar-refractivity contribution is -0.137. The highest BCUT2D eigenvalue weighted by Crippen LogP contribution is 2.29. The van der Waals surface area contributed by atoms with Crippen LogP contribution < -0.4 is 4.74 Å². The van der Waals surface area contributed by atoms with E-state index in [4.69, 9.17) is 14.2 Å². The summed E-state index contributed by atoms with van der Waals surface area (Å²) in [7, 11) is 0. The highest BCUT2D eigenvalue weighted by Gasteiger charge is 2.40. The second kappa shape index (κ2) is 9.27. The van der Waals surface area contributed by atoms with Crippen LogP contribution in [0, 0.1) is 5.82 Å². The molecule has 1 aliphatic heterocycles. The van der Waals surface area contributed by atoms with E-state index in [-0.39, 0.29) is 25.7 Å². The minimum atomic E-state index is -4.42. The van der Waals surface area contributed by atoms with E-state index in [0.717, 1.165) is 24.5 Å². The fraction of sp³-hybridized carbons (Fsp3) is 0.476. The van der Waals surface area contributed by atoms with Gasteiger partial charge in [0.05, 0.1) is 37.7 Å². The number of nitrogens with zero attached hydrogens (tertiary/aromatic N) is 3. The third kappa shape index (κ3) is 6.52. The normalized spacial score (nSPS) is 19.2. The van der Waals surface area contributed by atoms with Gasteiger partial charge in [0.1, 0.15) is 17.8 Å². The number of halogens is 4. The van der Waals surface area contributed by atoms with Gasteiger partial charge < -0.3 is 19.1 Å². The van der Waals surface area contributed by atoms with E-state index in [1.165, 1.54) is 17.0 Å². The van der Waals surface area contributed by atoms with Gasteiger partial charge in [0.2, 0.25) is 0 Å². The van der Waals surface area contributed by atoms with E-state index >= 15 is 0 Å². The summed E-state index contributed by atoms with van der Waals surface area (Å²) in [5.41, 5.74) is -0.939. The van der Waals surface area contributed by atoms with Crippen molar-refractivity contribution < 1.29 is 36.6 Å². The third-order valence-electron chi connectivity index (χ3n) is 4.47. The fourth-order valence-electron chi connectivity index (χ4n) is 2.98. The molecule has 2 atom stereocenters. The predicted octanol–water partition coefficient (Wildman–Crippen LogP) is 4.22. The molecule has 2 heterocycles. The Labute approximate surface area is 182 Å². The molecule has 0 unspecified atom stereocenters. The van der Waals surface area contributed by atoms with Gasteiger partial charge in [0, 0.05) is 0 Å². The highest BCUT2D eigenvalue weighted by atomic mass is 19.4. The van der Waals surface area contributed by atoms with Crippen molar-refractivity contribution in [3.63, 3.8) is 0 Å². The van der Waals surface area contributed by atoms with E-state index in [9.17, 15) is 22.4 Å². The Kier molecular flexibility index (Phi) is 6.87. The smallest absolute Gasteiger partial charge is 0.416 e. The predicted molar refractivity (Wildman–Crippen MR) is 104 cm³/mol. The lowest BCUT2D eigenvalue weighted by Crippen LogP contribution is -2.36. The first-order chi connectivity index (χ1) is 14.9. The molecule has 0 saturated carbocycles. The largest absolute Gasteiger partial charge is 0.455 e. The number of alkyl halides is 3. The number of hydrogen-bond acceptors (Lipinski definition) is 6. The molecule has 32 heavy (non-hydrogen) atoms. The van der Waals surface area contributed by atoms with Gasteiger partial charge in [0.15, 0.2) is 5.82 Å². The van der Waals surface area contributed by atoms with Crippen LogP contribution in [0.15, 0.2) is 36.7 Å². The second-order valence-electron chi connectivity index (χ2n) is 8.27. The molecule has 0 bridgehead atoms. The van der Waals surface area contributed by atoms with Gasteiger partial charge in [-0.2, -0.15) is 13.2 Å². The van der Waals surface area contributed by atoms with Gasteiger partial charge in [-0.1, -0.05) is 12.1 Å². The van der Waals surface area contributed by atoms with Gasteiger partial charge in [-0.25, -0.2) is 19.2 Å². The van der Waals surface area contributed by atoms with Gasteiger partial charge >= 0.3 is 18.3 Å². The Morgan fingerprint density at radius 3 is 2.22 bits per heavy atom. The molecule has 1 fully saturated rings. The monoisotopic (exact) mass is 457 g/mol. The molecule has 7 nitrogen and oxygen atoms in total. The number of amides is 1. The summed E-state index contributed by atoms with van der Waals surface area (Å²) < 4.78 is 68.2. The van der Waals surface area contributed by atoms with Gasteiger partial charge in [-0.05, 0) is 38.5 Å². The lowest BCUT2D eigenvalue weighted by Gasteiger charge is -2.24. The van der Waals surface area contributed by atoms with Gasteiger partial charge in [0.25, 0.3) is 0 Å². The molecular formula is C21H23F4N3O4. The Bertz CT molecular complexity index is 915. The SMILES string of the molecule is CC(C)(C)OC(=O)N1C[C@H](OCc2ccc(C(F)(F)F)cc2)[C@@H](Oc2ncc(F)cn2)C1. The molecule has 1 saturated heterocycles. The molecule has 3 rings (SSSR count). The fourth-order valence-corrected chi connectivity index (χ4v) is 2.98. The third-order valence-corrected chi connectivity index (χ3v) is 4.47. The molecule has 0 N–H and O–H groups in total. The lowest BCUT2D eigenvalue weighted by atomic mass is 10.1. The Morgan fingerprint density at radius 2 is 1.66 bits per heavy atom. The molecule has 2 aromatic rings. The molecule has 1 aliphatic rings. The van der Waals surface area contributed by atoms with Crippen molar-refractivity contribution >= 4 is 6.09 Å². The van der Waals surface area contributed by atoms with Crippen LogP contribution in [0.1, 0.15) is 31.9 Å². The van der Waals surface area contributed by atoms with Gasteiger partial charge in [-0.15, -0.1) is 0 Å². The molecule has 0 aliphatic carbocycles.